The second-order valence-electron chi connectivity index (χ2n) is 4.82. The number of ether oxygens (including phenoxy) is 1. The van der Waals surface area contributed by atoms with Crippen LogP contribution >= 0.6 is 0 Å². The third kappa shape index (κ3) is 5.61. The highest BCUT2D eigenvalue weighted by Gasteiger charge is 2.21. The van der Waals surface area contributed by atoms with Gasteiger partial charge in [0.2, 0.25) is 0 Å². The first kappa shape index (κ1) is 12.0. The minimum atomic E-state index is 0.433. The van der Waals surface area contributed by atoms with Crippen LogP contribution in [-0.4, -0.2) is 25.3 Å². The molecule has 0 radical (unpaired) electrons. The maximum absolute atomic E-state index is 5.86. The van der Waals surface area contributed by atoms with E-state index in [-0.39, 0.29) is 0 Å². The SMILES string of the molecule is CCCC(CNC1CC1)OCC(C)C. The molecule has 1 fully saturated rings. The van der Waals surface area contributed by atoms with E-state index in [1.807, 2.05) is 0 Å². The lowest BCUT2D eigenvalue weighted by molar-refractivity contribution is 0.0304. The first-order valence-corrected chi connectivity index (χ1v) is 6.07. The van der Waals surface area contributed by atoms with E-state index in [1.54, 1.807) is 0 Å². The largest absolute Gasteiger partial charge is 0.377 e. The van der Waals surface area contributed by atoms with E-state index >= 15 is 0 Å². The molecule has 0 aromatic carbocycles. The van der Waals surface area contributed by atoms with Crippen molar-refractivity contribution in [2.75, 3.05) is 13.2 Å². The van der Waals surface area contributed by atoms with Crippen molar-refractivity contribution in [3.8, 4) is 0 Å². The summed E-state index contributed by atoms with van der Waals surface area (Å²) < 4.78 is 5.86. The molecule has 0 bridgehead atoms. The molecule has 0 aliphatic heterocycles. The Morgan fingerprint density at radius 3 is 2.57 bits per heavy atom. The Kier molecular flexibility index (Phi) is 5.49. The van der Waals surface area contributed by atoms with Gasteiger partial charge in [0.1, 0.15) is 0 Å². The predicted molar refractivity (Wildman–Crippen MR) is 60.5 cm³/mol. The average molecular weight is 199 g/mol. The van der Waals surface area contributed by atoms with Crippen LogP contribution in [0, 0.1) is 5.92 Å². The highest BCUT2D eigenvalue weighted by molar-refractivity contribution is 4.82. The zero-order valence-corrected chi connectivity index (χ0v) is 9.88. The maximum atomic E-state index is 5.86. The lowest BCUT2D eigenvalue weighted by atomic mass is 10.2. The Morgan fingerprint density at radius 1 is 1.36 bits per heavy atom. The monoisotopic (exact) mass is 199 g/mol. The Bertz CT molecular complexity index is 137. The summed E-state index contributed by atoms with van der Waals surface area (Å²) in [4.78, 5) is 0. The summed E-state index contributed by atoms with van der Waals surface area (Å²) in [5.41, 5.74) is 0. The van der Waals surface area contributed by atoms with E-state index < -0.39 is 0 Å². The first-order chi connectivity index (χ1) is 6.72. The Hall–Kier alpha value is -0.0800. The molecule has 1 unspecified atom stereocenters. The third-order valence-electron chi connectivity index (χ3n) is 2.49. The fourth-order valence-electron chi connectivity index (χ4n) is 1.48. The smallest absolute Gasteiger partial charge is 0.0699 e. The van der Waals surface area contributed by atoms with Crippen molar-refractivity contribution in [2.24, 2.45) is 5.92 Å². The number of nitrogens with one attached hydrogen (secondary N) is 1. The summed E-state index contributed by atoms with van der Waals surface area (Å²) in [6.07, 6.45) is 5.57. The van der Waals surface area contributed by atoms with Gasteiger partial charge in [0.25, 0.3) is 0 Å². The highest BCUT2D eigenvalue weighted by atomic mass is 16.5. The molecule has 1 rings (SSSR count). The standard InChI is InChI=1S/C12H25NO/c1-4-5-12(14-9-10(2)3)8-13-11-6-7-11/h10-13H,4-9H2,1-3H3. The van der Waals surface area contributed by atoms with Crippen molar-refractivity contribution in [1.82, 2.24) is 5.32 Å². The van der Waals surface area contributed by atoms with Gasteiger partial charge in [-0.15, -0.1) is 0 Å². The van der Waals surface area contributed by atoms with E-state index in [0.717, 1.165) is 19.2 Å². The van der Waals surface area contributed by atoms with Crippen molar-refractivity contribution in [3.63, 3.8) is 0 Å². The van der Waals surface area contributed by atoms with Crippen molar-refractivity contribution in [2.45, 2.75) is 58.6 Å². The van der Waals surface area contributed by atoms with Crippen LogP contribution in [0.5, 0.6) is 0 Å². The second kappa shape index (κ2) is 6.41. The van der Waals surface area contributed by atoms with Gasteiger partial charge in [0.05, 0.1) is 6.10 Å². The Balaban J connectivity index is 2.08. The van der Waals surface area contributed by atoms with E-state index in [4.69, 9.17) is 4.74 Å². The number of hydrogen-bond donors (Lipinski definition) is 1. The highest BCUT2D eigenvalue weighted by Crippen LogP contribution is 2.19. The van der Waals surface area contributed by atoms with Gasteiger partial charge in [0, 0.05) is 19.2 Å². The molecule has 2 heteroatoms. The zero-order chi connectivity index (χ0) is 10.4. The summed E-state index contributed by atoms with van der Waals surface area (Å²) in [5.74, 6) is 0.648. The van der Waals surface area contributed by atoms with Gasteiger partial charge in [-0.3, -0.25) is 0 Å². The summed E-state index contributed by atoms with van der Waals surface area (Å²) >= 11 is 0. The molecule has 0 heterocycles. The van der Waals surface area contributed by atoms with Crippen LogP contribution in [0.1, 0.15) is 46.5 Å². The lowest BCUT2D eigenvalue weighted by Crippen LogP contribution is -2.31. The van der Waals surface area contributed by atoms with Gasteiger partial charge in [0.15, 0.2) is 0 Å². The predicted octanol–water partition coefficient (Wildman–Crippen LogP) is 2.58. The molecule has 0 aromatic rings. The normalized spacial score (nSPS) is 18.9. The molecule has 1 aliphatic carbocycles. The van der Waals surface area contributed by atoms with Crippen LogP contribution in [0.3, 0.4) is 0 Å². The molecular weight excluding hydrogens is 174 g/mol. The number of hydrogen-bond acceptors (Lipinski definition) is 2. The molecule has 1 N–H and O–H groups in total. The van der Waals surface area contributed by atoms with E-state index in [9.17, 15) is 0 Å². The molecular formula is C12H25NO. The van der Waals surface area contributed by atoms with Crippen molar-refractivity contribution < 1.29 is 4.74 Å². The quantitative estimate of drug-likeness (QED) is 0.649. The first-order valence-electron chi connectivity index (χ1n) is 6.07. The summed E-state index contributed by atoms with van der Waals surface area (Å²) in [6.45, 7) is 8.58. The van der Waals surface area contributed by atoms with Crippen LogP contribution < -0.4 is 5.32 Å². The van der Waals surface area contributed by atoms with E-state index in [0.29, 0.717) is 12.0 Å². The van der Waals surface area contributed by atoms with Crippen LogP contribution in [0.2, 0.25) is 0 Å². The maximum Gasteiger partial charge on any atom is 0.0699 e. The van der Waals surface area contributed by atoms with Crippen LogP contribution in [-0.2, 0) is 4.74 Å². The van der Waals surface area contributed by atoms with Gasteiger partial charge in [-0.25, -0.2) is 0 Å². The lowest BCUT2D eigenvalue weighted by Gasteiger charge is -2.19. The third-order valence-corrected chi connectivity index (χ3v) is 2.49. The fourth-order valence-corrected chi connectivity index (χ4v) is 1.48. The van der Waals surface area contributed by atoms with Gasteiger partial charge in [-0.2, -0.15) is 0 Å². The van der Waals surface area contributed by atoms with E-state index in [1.165, 1.54) is 25.7 Å². The molecule has 0 spiro atoms. The topological polar surface area (TPSA) is 21.3 Å². The molecule has 0 saturated heterocycles. The molecule has 0 amide bonds. The zero-order valence-electron chi connectivity index (χ0n) is 9.88. The van der Waals surface area contributed by atoms with Gasteiger partial charge in [-0.05, 0) is 25.2 Å². The molecule has 84 valence electrons. The second-order valence-corrected chi connectivity index (χ2v) is 4.82. The summed E-state index contributed by atoms with van der Waals surface area (Å²) in [5, 5.41) is 3.54. The number of rotatable bonds is 8. The molecule has 14 heavy (non-hydrogen) atoms. The van der Waals surface area contributed by atoms with Gasteiger partial charge >= 0.3 is 0 Å². The minimum absolute atomic E-state index is 0.433. The van der Waals surface area contributed by atoms with Gasteiger partial charge in [-0.1, -0.05) is 27.2 Å². The van der Waals surface area contributed by atoms with E-state index in [2.05, 4.69) is 26.1 Å². The average Bonchev–Trinajstić information content (AvgIpc) is 2.93. The molecule has 0 aromatic heterocycles. The van der Waals surface area contributed by atoms with Crippen molar-refractivity contribution in [1.29, 1.82) is 0 Å². The Labute approximate surface area is 88.4 Å². The van der Waals surface area contributed by atoms with Gasteiger partial charge < -0.3 is 10.1 Å². The van der Waals surface area contributed by atoms with Crippen LogP contribution in [0.4, 0.5) is 0 Å². The van der Waals surface area contributed by atoms with Crippen molar-refractivity contribution >= 4 is 0 Å². The van der Waals surface area contributed by atoms with Crippen molar-refractivity contribution in [3.05, 3.63) is 0 Å². The van der Waals surface area contributed by atoms with Crippen LogP contribution in [0.25, 0.3) is 0 Å². The minimum Gasteiger partial charge on any atom is -0.377 e. The summed E-state index contributed by atoms with van der Waals surface area (Å²) in [7, 11) is 0. The molecule has 1 saturated carbocycles. The Morgan fingerprint density at radius 2 is 2.07 bits per heavy atom. The summed E-state index contributed by atoms with van der Waals surface area (Å²) in [6, 6.07) is 0.803. The molecule has 1 aliphatic rings. The molecule has 2 nitrogen and oxygen atoms in total. The fraction of sp³-hybridized carbons (Fsp3) is 1.00. The molecule has 1 atom stereocenters. The van der Waals surface area contributed by atoms with Crippen LogP contribution in [0.15, 0.2) is 0 Å².